The summed E-state index contributed by atoms with van der Waals surface area (Å²) in [6.45, 7) is 9.47. The molecule has 1 N–H and O–H groups in total. The maximum absolute atomic E-state index is 12.0. The molecular formula is C18H29N3O. The fourth-order valence-electron chi connectivity index (χ4n) is 3.01. The van der Waals surface area contributed by atoms with E-state index in [9.17, 15) is 4.79 Å². The summed E-state index contributed by atoms with van der Waals surface area (Å²) in [5.41, 5.74) is 2.09. The van der Waals surface area contributed by atoms with Crippen LogP contribution in [0.25, 0.3) is 0 Å². The highest BCUT2D eigenvalue weighted by Gasteiger charge is 2.11. The predicted molar refractivity (Wildman–Crippen MR) is 93.5 cm³/mol. The number of hydrogen-bond acceptors (Lipinski definition) is 3. The number of nitrogens with zero attached hydrogens (tertiary/aromatic N) is 2. The molecule has 122 valence electrons. The first-order chi connectivity index (χ1) is 10.7. The first kappa shape index (κ1) is 16.8. The number of amides is 1. The molecule has 0 radical (unpaired) electrons. The van der Waals surface area contributed by atoms with Crippen LogP contribution in [-0.2, 0) is 4.79 Å². The fourth-order valence-corrected chi connectivity index (χ4v) is 3.01. The van der Waals surface area contributed by atoms with Gasteiger partial charge in [0.05, 0.1) is 0 Å². The van der Waals surface area contributed by atoms with Crippen molar-refractivity contribution in [1.82, 2.24) is 4.90 Å². The van der Waals surface area contributed by atoms with Gasteiger partial charge in [0.2, 0.25) is 5.91 Å². The minimum atomic E-state index is 0.112. The highest BCUT2D eigenvalue weighted by Crippen LogP contribution is 2.18. The average molecular weight is 303 g/mol. The van der Waals surface area contributed by atoms with Crippen LogP contribution in [0.4, 0.5) is 11.4 Å². The van der Waals surface area contributed by atoms with E-state index in [2.05, 4.69) is 41.1 Å². The van der Waals surface area contributed by atoms with Crippen LogP contribution in [0.15, 0.2) is 24.3 Å². The SMILES string of the molecule is CCN(CC)c1ccc(NC(=O)CCN2CCCCC2)cc1. The van der Waals surface area contributed by atoms with E-state index in [1.165, 1.54) is 24.9 Å². The molecule has 0 atom stereocenters. The molecule has 4 heteroatoms. The molecule has 0 bridgehead atoms. The molecular weight excluding hydrogens is 274 g/mol. The highest BCUT2D eigenvalue weighted by molar-refractivity contribution is 5.91. The molecule has 2 rings (SSSR count). The Morgan fingerprint density at radius 3 is 2.32 bits per heavy atom. The van der Waals surface area contributed by atoms with Gasteiger partial charge < -0.3 is 15.1 Å². The number of piperidine rings is 1. The normalized spacial score (nSPS) is 15.5. The lowest BCUT2D eigenvalue weighted by Gasteiger charge is -2.26. The number of carbonyl (C=O) groups is 1. The summed E-state index contributed by atoms with van der Waals surface area (Å²) in [6, 6.07) is 8.14. The van der Waals surface area contributed by atoms with Crippen molar-refractivity contribution in [1.29, 1.82) is 0 Å². The zero-order chi connectivity index (χ0) is 15.8. The molecule has 1 aromatic rings. The molecule has 0 aliphatic carbocycles. The molecule has 0 unspecified atom stereocenters. The average Bonchev–Trinajstić information content (AvgIpc) is 2.56. The largest absolute Gasteiger partial charge is 0.372 e. The lowest BCUT2D eigenvalue weighted by atomic mass is 10.1. The van der Waals surface area contributed by atoms with Crippen LogP contribution in [0.1, 0.15) is 39.5 Å². The molecule has 1 aromatic carbocycles. The number of hydrogen-bond donors (Lipinski definition) is 1. The third kappa shape index (κ3) is 5.02. The van der Waals surface area contributed by atoms with Gasteiger partial charge in [0.1, 0.15) is 0 Å². The first-order valence-corrected chi connectivity index (χ1v) is 8.60. The molecule has 1 heterocycles. The summed E-state index contributed by atoms with van der Waals surface area (Å²) in [7, 11) is 0. The summed E-state index contributed by atoms with van der Waals surface area (Å²) >= 11 is 0. The van der Waals surface area contributed by atoms with Crippen LogP contribution >= 0.6 is 0 Å². The van der Waals surface area contributed by atoms with Crippen molar-refractivity contribution >= 4 is 17.3 Å². The molecule has 1 amide bonds. The minimum absolute atomic E-state index is 0.112. The van der Waals surface area contributed by atoms with Crippen molar-refractivity contribution in [2.24, 2.45) is 0 Å². The quantitative estimate of drug-likeness (QED) is 0.839. The number of nitrogens with one attached hydrogen (secondary N) is 1. The van der Waals surface area contributed by atoms with Crippen LogP contribution in [0, 0.1) is 0 Å². The van der Waals surface area contributed by atoms with Crippen molar-refractivity contribution in [2.45, 2.75) is 39.5 Å². The summed E-state index contributed by atoms with van der Waals surface area (Å²) in [5, 5.41) is 3.00. The number of likely N-dealkylation sites (tertiary alicyclic amines) is 1. The van der Waals surface area contributed by atoms with Crippen molar-refractivity contribution in [3.05, 3.63) is 24.3 Å². The summed E-state index contributed by atoms with van der Waals surface area (Å²) in [6.07, 6.45) is 4.46. The van der Waals surface area contributed by atoms with Gasteiger partial charge in [0, 0.05) is 37.4 Å². The van der Waals surface area contributed by atoms with Crippen LogP contribution in [0.5, 0.6) is 0 Å². The highest BCUT2D eigenvalue weighted by atomic mass is 16.1. The standard InChI is InChI=1S/C18H29N3O/c1-3-21(4-2)17-10-8-16(9-11-17)19-18(22)12-15-20-13-6-5-7-14-20/h8-11H,3-7,12-15H2,1-2H3,(H,19,22). The Morgan fingerprint density at radius 2 is 1.73 bits per heavy atom. The van der Waals surface area contributed by atoms with Crippen LogP contribution in [-0.4, -0.2) is 43.5 Å². The summed E-state index contributed by atoms with van der Waals surface area (Å²) < 4.78 is 0. The third-order valence-corrected chi connectivity index (χ3v) is 4.38. The molecule has 4 nitrogen and oxygen atoms in total. The first-order valence-electron chi connectivity index (χ1n) is 8.60. The predicted octanol–water partition coefficient (Wildman–Crippen LogP) is 3.35. The molecule has 1 aliphatic rings. The summed E-state index contributed by atoms with van der Waals surface area (Å²) in [4.78, 5) is 16.7. The van der Waals surface area contributed by atoms with E-state index in [0.717, 1.165) is 38.4 Å². The third-order valence-electron chi connectivity index (χ3n) is 4.38. The second kappa shape index (κ2) is 8.79. The molecule has 0 saturated carbocycles. The monoisotopic (exact) mass is 303 g/mol. The van der Waals surface area contributed by atoms with E-state index in [-0.39, 0.29) is 5.91 Å². The maximum Gasteiger partial charge on any atom is 0.225 e. The van der Waals surface area contributed by atoms with Gasteiger partial charge in [-0.2, -0.15) is 0 Å². The van der Waals surface area contributed by atoms with E-state index in [0.29, 0.717) is 6.42 Å². The van der Waals surface area contributed by atoms with Crippen molar-refractivity contribution in [3.63, 3.8) is 0 Å². The zero-order valence-corrected chi connectivity index (χ0v) is 14.0. The Morgan fingerprint density at radius 1 is 1.09 bits per heavy atom. The minimum Gasteiger partial charge on any atom is -0.372 e. The molecule has 0 spiro atoms. The Bertz CT molecular complexity index is 448. The lowest BCUT2D eigenvalue weighted by molar-refractivity contribution is -0.116. The van der Waals surface area contributed by atoms with E-state index < -0.39 is 0 Å². The molecule has 0 aromatic heterocycles. The zero-order valence-electron chi connectivity index (χ0n) is 14.0. The van der Waals surface area contributed by atoms with Gasteiger partial charge >= 0.3 is 0 Å². The van der Waals surface area contributed by atoms with E-state index in [1.54, 1.807) is 0 Å². The van der Waals surface area contributed by atoms with Gasteiger partial charge in [-0.3, -0.25) is 4.79 Å². The van der Waals surface area contributed by atoms with Crippen molar-refractivity contribution in [2.75, 3.05) is 42.9 Å². The second-order valence-electron chi connectivity index (χ2n) is 5.92. The Kier molecular flexibility index (Phi) is 6.72. The van der Waals surface area contributed by atoms with E-state index in [4.69, 9.17) is 0 Å². The molecule has 1 fully saturated rings. The molecule has 1 aliphatic heterocycles. The second-order valence-corrected chi connectivity index (χ2v) is 5.92. The van der Waals surface area contributed by atoms with Gasteiger partial charge in [-0.25, -0.2) is 0 Å². The topological polar surface area (TPSA) is 35.6 Å². The Labute approximate surface area is 134 Å². The fraction of sp³-hybridized carbons (Fsp3) is 0.611. The van der Waals surface area contributed by atoms with Gasteiger partial charge in [-0.15, -0.1) is 0 Å². The number of benzene rings is 1. The van der Waals surface area contributed by atoms with E-state index in [1.807, 2.05) is 12.1 Å². The number of anilines is 2. The van der Waals surface area contributed by atoms with E-state index >= 15 is 0 Å². The van der Waals surface area contributed by atoms with Crippen LogP contribution in [0.3, 0.4) is 0 Å². The van der Waals surface area contributed by atoms with Gasteiger partial charge in [0.15, 0.2) is 0 Å². The lowest BCUT2D eigenvalue weighted by Crippen LogP contribution is -2.32. The van der Waals surface area contributed by atoms with Gasteiger partial charge in [-0.05, 0) is 64.0 Å². The van der Waals surface area contributed by atoms with Crippen molar-refractivity contribution < 1.29 is 4.79 Å². The van der Waals surface area contributed by atoms with Gasteiger partial charge in [0.25, 0.3) is 0 Å². The number of carbonyl (C=O) groups excluding carboxylic acids is 1. The van der Waals surface area contributed by atoms with Crippen molar-refractivity contribution in [3.8, 4) is 0 Å². The Balaban J connectivity index is 1.78. The smallest absolute Gasteiger partial charge is 0.225 e. The van der Waals surface area contributed by atoms with Crippen LogP contribution < -0.4 is 10.2 Å². The van der Waals surface area contributed by atoms with Gasteiger partial charge in [-0.1, -0.05) is 6.42 Å². The van der Waals surface area contributed by atoms with Crippen LogP contribution in [0.2, 0.25) is 0 Å². The molecule has 1 saturated heterocycles. The maximum atomic E-state index is 12.0. The number of rotatable bonds is 7. The summed E-state index contributed by atoms with van der Waals surface area (Å²) in [5.74, 6) is 0.112. The Hall–Kier alpha value is -1.55. The molecule has 22 heavy (non-hydrogen) atoms.